The number of hydrogen-bond acceptors (Lipinski definition) is 6. The van der Waals surface area contributed by atoms with Crippen LogP contribution in [0.15, 0.2) is 24.3 Å². The lowest BCUT2D eigenvalue weighted by atomic mass is 9.80. The average molecular weight is 332 g/mol. The van der Waals surface area contributed by atoms with Gasteiger partial charge in [-0.3, -0.25) is 24.6 Å². The number of nitrogens with zero attached hydrogens (tertiary/aromatic N) is 1. The summed E-state index contributed by atoms with van der Waals surface area (Å²) in [6, 6.07) is 6.74. The molecule has 0 bridgehead atoms. The van der Waals surface area contributed by atoms with Crippen molar-refractivity contribution in [2.24, 2.45) is 11.8 Å². The monoisotopic (exact) mass is 332 g/mol. The Morgan fingerprint density at radius 1 is 1.21 bits per heavy atom. The maximum atomic E-state index is 12.7. The van der Waals surface area contributed by atoms with Crippen molar-refractivity contribution in [1.82, 2.24) is 10.2 Å². The van der Waals surface area contributed by atoms with Crippen LogP contribution in [0.3, 0.4) is 0 Å². The molecule has 3 rings (SSSR count). The molecule has 2 fully saturated rings. The SMILES string of the molecule is COC(=O)[C@]1(C)N[C@H](c2ccccc2OC)[C@@H]2C(=O)N(C)C(=O)[C@H]21. The van der Waals surface area contributed by atoms with Gasteiger partial charge in [0.05, 0.1) is 26.1 Å². The van der Waals surface area contributed by atoms with Crippen molar-refractivity contribution < 1.29 is 23.9 Å². The minimum absolute atomic E-state index is 0.305. The Kier molecular flexibility index (Phi) is 3.83. The largest absolute Gasteiger partial charge is 0.496 e. The van der Waals surface area contributed by atoms with Crippen molar-refractivity contribution in [3.63, 3.8) is 0 Å². The number of methoxy groups -OCH3 is 2. The van der Waals surface area contributed by atoms with Crippen molar-refractivity contribution in [3.8, 4) is 5.75 Å². The van der Waals surface area contributed by atoms with Gasteiger partial charge in [-0.2, -0.15) is 0 Å². The number of carbonyl (C=O) groups is 3. The topological polar surface area (TPSA) is 84.9 Å². The van der Waals surface area contributed by atoms with Gasteiger partial charge < -0.3 is 9.47 Å². The first-order chi connectivity index (χ1) is 11.4. The van der Waals surface area contributed by atoms with Crippen LogP contribution in [0.25, 0.3) is 0 Å². The van der Waals surface area contributed by atoms with E-state index in [-0.39, 0.29) is 11.8 Å². The number of fused-ring (bicyclic) bond motifs is 1. The lowest BCUT2D eigenvalue weighted by molar-refractivity contribution is -0.152. The molecule has 0 aromatic heterocycles. The lowest BCUT2D eigenvalue weighted by Crippen LogP contribution is -2.53. The fourth-order valence-corrected chi connectivity index (χ4v) is 3.87. The zero-order valence-corrected chi connectivity index (χ0v) is 14.0. The van der Waals surface area contributed by atoms with E-state index in [1.807, 2.05) is 18.2 Å². The van der Waals surface area contributed by atoms with E-state index in [4.69, 9.17) is 9.47 Å². The summed E-state index contributed by atoms with van der Waals surface area (Å²) in [7, 11) is 4.25. The highest BCUT2D eigenvalue weighted by atomic mass is 16.5. The van der Waals surface area contributed by atoms with E-state index in [0.717, 1.165) is 10.5 Å². The highest BCUT2D eigenvalue weighted by Gasteiger charge is 2.66. The molecule has 2 saturated heterocycles. The molecule has 0 aliphatic carbocycles. The van der Waals surface area contributed by atoms with Gasteiger partial charge in [0.2, 0.25) is 11.8 Å². The number of esters is 1. The molecule has 7 nitrogen and oxygen atoms in total. The number of hydrogen-bond donors (Lipinski definition) is 1. The number of imide groups is 1. The van der Waals surface area contributed by atoms with Gasteiger partial charge >= 0.3 is 5.97 Å². The van der Waals surface area contributed by atoms with Crippen LogP contribution in [-0.2, 0) is 19.1 Å². The number of ether oxygens (including phenoxy) is 2. The zero-order chi connectivity index (χ0) is 17.6. The number of likely N-dealkylation sites (tertiary alicyclic amines) is 1. The number of nitrogens with one attached hydrogen (secondary N) is 1. The smallest absolute Gasteiger partial charge is 0.326 e. The van der Waals surface area contributed by atoms with Gasteiger partial charge in [-0.15, -0.1) is 0 Å². The van der Waals surface area contributed by atoms with E-state index in [9.17, 15) is 14.4 Å². The Hall–Kier alpha value is -2.41. The van der Waals surface area contributed by atoms with Crippen molar-refractivity contribution in [2.75, 3.05) is 21.3 Å². The zero-order valence-electron chi connectivity index (χ0n) is 14.0. The number of benzene rings is 1. The molecule has 4 atom stereocenters. The maximum Gasteiger partial charge on any atom is 0.326 e. The molecule has 2 aliphatic rings. The summed E-state index contributed by atoms with van der Waals surface area (Å²) in [4.78, 5) is 38.7. The van der Waals surface area contributed by atoms with E-state index in [2.05, 4.69) is 5.32 Å². The summed E-state index contributed by atoms with van der Waals surface area (Å²) >= 11 is 0. The summed E-state index contributed by atoms with van der Waals surface area (Å²) in [5.74, 6) is -2.13. The standard InChI is InChI=1S/C17H20N2O5/c1-17(16(22)24-4)12-11(14(20)19(2)15(12)21)13(18-17)9-7-5-6-8-10(9)23-3/h5-8,11-13,18H,1-4H3/t11-,12+,13-,17-/m1/s1. The quantitative estimate of drug-likeness (QED) is 0.641. The van der Waals surface area contributed by atoms with E-state index < -0.39 is 29.4 Å². The molecule has 2 aliphatic heterocycles. The minimum Gasteiger partial charge on any atom is -0.496 e. The van der Waals surface area contributed by atoms with Gasteiger partial charge in [0.1, 0.15) is 11.3 Å². The Bertz CT molecular complexity index is 719. The second-order valence-corrected chi connectivity index (χ2v) is 6.30. The fraction of sp³-hybridized carbons (Fsp3) is 0.471. The van der Waals surface area contributed by atoms with Crippen LogP contribution in [-0.4, -0.2) is 49.5 Å². The van der Waals surface area contributed by atoms with Crippen LogP contribution in [0.5, 0.6) is 5.75 Å². The van der Waals surface area contributed by atoms with E-state index >= 15 is 0 Å². The van der Waals surface area contributed by atoms with Crippen molar-refractivity contribution >= 4 is 17.8 Å². The van der Waals surface area contributed by atoms with Gasteiger partial charge in [0.25, 0.3) is 0 Å². The summed E-state index contributed by atoms with van der Waals surface area (Å²) in [5.41, 5.74) is -0.540. The predicted octanol–water partition coefficient (Wildman–Crippen LogP) is 0.502. The molecule has 7 heteroatoms. The second kappa shape index (κ2) is 5.59. The first kappa shape index (κ1) is 16.4. The van der Waals surface area contributed by atoms with Crippen LogP contribution in [0.1, 0.15) is 18.5 Å². The van der Waals surface area contributed by atoms with Gasteiger partial charge in [-0.25, -0.2) is 0 Å². The normalized spacial score (nSPS) is 32.0. The van der Waals surface area contributed by atoms with Crippen LogP contribution in [0.2, 0.25) is 0 Å². The average Bonchev–Trinajstić information content (AvgIpc) is 3.04. The minimum atomic E-state index is -1.28. The number of para-hydroxylation sites is 1. The van der Waals surface area contributed by atoms with E-state index in [1.165, 1.54) is 14.2 Å². The Morgan fingerprint density at radius 2 is 1.88 bits per heavy atom. The van der Waals surface area contributed by atoms with Crippen LogP contribution in [0.4, 0.5) is 0 Å². The molecular weight excluding hydrogens is 312 g/mol. The van der Waals surface area contributed by atoms with Crippen molar-refractivity contribution in [2.45, 2.75) is 18.5 Å². The lowest BCUT2D eigenvalue weighted by Gasteiger charge is -2.28. The highest BCUT2D eigenvalue weighted by molar-refractivity contribution is 6.09. The molecule has 1 N–H and O–H groups in total. The molecule has 2 heterocycles. The highest BCUT2D eigenvalue weighted by Crippen LogP contribution is 2.49. The number of amides is 2. The maximum absolute atomic E-state index is 12.7. The summed E-state index contributed by atoms with van der Waals surface area (Å²) in [6.45, 7) is 1.61. The van der Waals surface area contributed by atoms with Crippen LogP contribution in [0, 0.1) is 11.8 Å². The Morgan fingerprint density at radius 3 is 2.50 bits per heavy atom. The molecule has 128 valence electrons. The molecular formula is C17H20N2O5. The summed E-state index contributed by atoms with van der Waals surface area (Å²) in [6.07, 6.45) is 0. The molecule has 0 unspecified atom stereocenters. The molecule has 2 amide bonds. The molecule has 24 heavy (non-hydrogen) atoms. The van der Waals surface area contributed by atoms with Crippen molar-refractivity contribution in [3.05, 3.63) is 29.8 Å². The van der Waals surface area contributed by atoms with Gasteiger partial charge in [0.15, 0.2) is 0 Å². The molecule has 1 aromatic carbocycles. The van der Waals surface area contributed by atoms with E-state index in [1.54, 1.807) is 20.1 Å². The fourth-order valence-electron chi connectivity index (χ4n) is 3.87. The Labute approximate surface area is 139 Å². The van der Waals surface area contributed by atoms with Crippen LogP contribution < -0.4 is 10.1 Å². The second-order valence-electron chi connectivity index (χ2n) is 6.30. The summed E-state index contributed by atoms with van der Waals surface area (Å²) in [5, 5.41) is 3.17. The predicted molar refractivity (Wildman–Crippen MR) is 84.0 cm³/mol. The number of rotatable bonds is 3. The third kappa shape index (κ3) is 2.04. The van der Waals surface area contributed by atoms with E-state index in [0.29, 0.717) is 5.75 Å². The van der Waals surface area contributed by atoms with Gasteiger partial charge in [-0.1, -0.05) is 18.2 Å². The third-order valence-corrected chi connectivity index (χ3v) is 5.09. The molecule has 0 saturated carbocycles. The molecule has 1 aromatic rings. The first-order valence-corrected chi connectivity index (χ1v) is 7.67. The van der Waals surface area contributed by atoms with Gasteiger partial charge in [0, 0.05) is 18.7 Å². The summed E-state index contributed by atoms with van der Waals surface area (Å²) < 4.78 is 10.3. The first-order valence-electron chi connectivity index (χ1n) is 7.67. The molecule has 0 spiro atoms. The van der Waals surface area contributed by atoms with Gasteiger partial charge in [-0.05, 0) is 13.0 Å². The van der Waals surface area contributed by atoms with Crippen LogP contribution >= 0.6 is 0 Å². The third-order valence-electron chi connectivity index (χ3n) is 5.09. The number of carbonyl (C=O) groups excluding carboxylic acids is 3. The Balaban J connectivity index is 2.14. The molecule has 0 radical (unpaired) electrons. The van der Waals surface area contributed by atoms with Crippen molar-refractivity contribution in [1.29, 1.82) is 0 Å².